The third-order valence-corrected chi connectivity index (χ3v) is 5.59. The fourth-order valence-corrected chi connectivity index (χ4v) is 4.25. The van der Waals surface area contributed by atoms with Crippen molar-refractivity contribution in [2.75, 3.05) is 5.32 Å². The van der Waals surface area contributed by atoms with Crippen LogP contribution in [0.5, 0.6) is 0 Å². The molecule has 0 saturated carbocycles. The van der Waals surface area contributed by atoms with Gasteiger partial charge in [0.05, 0.1) is 0 Å². The van der Waals surface area contributed by atoms with Crippen LogP contribution >= 0.6 is 0 Å². The molecule has 2 N–H and O–H groups in total. The van der Waals surface area contributed by atoms with Gasteiger partial charge in [-0.15, -0.1) is 0 Å². The number of dihydropyridines is 1. The van der Waals surface area contributed by atoms with Crippen LogP contribution in [0, 0.1) is 12.8 Å². The zero-order valence-electron chi connectivity index (χ0n) is 17.0. The molecule has 0 saturated heterocycles. The molecule has 4 rings (SSSR count). The van der Waals surface area contributed by atoms with E-state index in [0.29, 0.717) is 23.7 Å². The maximum Gasteiger partial charge on any atom is 0.255 e. The van der Waals surface area contributed by atoms with Crippen LogP contribution in [0.1, 0.15) is 43.7 Å². The van der Waals surface area contributed by atoms with Gasteiger partial charge in [-0.1, -0.05) is 42.8 Å². The standard InChI is InChI=1S/C24H25N3O2/c1-14-7-9-17(10-8-14)22-21(24(29)27-20-6-4-5-11-25-20)16(3)26-18-12-15(2)13-19(28)23(18)22/h4-11,15,22,26H,12-13H2,1-3H3,(H,25,27,29)/t15-,22-/m0/s1. The van der Waals surface area contributed by atoms with E-state index < -0.39 is 0 Å². The first-order valence-electron chi connectivity index (χ1n) is 9.97. The minimum atomic E-state index is -0.379. The maximum atomic E-state index is 13.3. The average molecular weight is 387 g/mol. The average Bonchev–Trinajstić information content (AvgIpc) is 2.68. The number of anilines is 1. The molecular formula is C24H25N3O2. The van der Waals surface area contributed by atoms with Crippen molar-refractivity contribution in [2.45, 2.75) is 39.5 Å². The third kappa shape index (κ3) is 3.73. The Labute approximate surface area is 170 Å². The number of hydrogen-bond acceptors (Lipinski definition) is 4. The Morgan fingerprint density at radius 3 is 2.55 bits per heavy atom. The number of nitrogens with zero attached hydrogens (tertiary/aromatic N) is 1. The molecule has 1 aromatic heterocycles. The molecule has 5 nitrogen and oxygen atoms in total. The molecule has 2 aromatic rings. The van der Waals surface area contributed by atoms with Crippen LogP contribution in [0.4, 0.5) is 5.82 Å². The summed E-state index contributed by atoms with van der Waals surface area (Å²) in [7, 11) is 0. The first kappa shape index (κ1) is 19.1. The lowest BCUT2D eigenvalue weighted by Gasteiger charge is -2.36. The van der Waals surface area contributed by atoms with Crippen molar-refractivity contribution in [3.8, 4) is 0 Å². The lowest BCUT2D eigenvalue weighted by molar-refractivity contribution is -0.117. The van der Waals surface area contributed by atoms with Gasteiger partial charge in [-0.3, -0.25) is 9.59 Å². The van der Waals surface area contributed by atoms with E-state index in [2.05, 4.69) is 22.5 Å². The van der Waals surface area contributed by atoms with Gasteiger partial charge in [0.1, 0.15) is 5.82 Å². The number of rotatable bonds is 3. The van der Waals surface area contributed by atoms with E-state index in [1.807, 2.05) is 44.2 Å². The van der Waals surface area contributed by atoms with Gasteiger partial charge < -0.3 is 10.6 Å². The number of aromatic nitrogens is 1. The van der Waals surface area contributed by atoms with Gasteiger partial charge in [-0.2, -0.15) is 0 Å². The molecule has 2 heterocycles. The second-order valence-corrected chi connectivity index (χ2v) is 8.01. The van der Waals surface area contributed by atoms with Crippen LogP contribution in [-0.4, -0.2) is 16.7 Å². The Hall–Kier alpha value is -3.21. The summed E-state index contributed by atoms with van der Waals surface area (Å²) in [6.45, 7) is 6.02. The molecule has 1 aromatic carbocycles. The topological polar surface area (TPSA) is 71.1 Å². The molecule has 148 valence electrons. The first-order valence-corrected chi connectivity index (χ1v) is 9.97. The molecule has 5 heteroatoms. The summed E-state index contributed by atoms with van der Waals surface area (Å²) in [6, 6.07) is 13.5. The smallest absolute Gasteiger partial charge is 0.255 e. The second-order valence-electron chi connectivity index (χ2n) is 8.01. The van der Waals surface area contributed by atoms with Crippen molar-refractivity contribution < 1.29 is 9.59 Å². The first-order chi connectivity index (χ1) is 13.9. The van der Waals surface area contributed by atoms with Crippen molar-refractivity contribution in [3.63, 3.8) is 0 Å². The van der Waals surface area contributed by atoms with E-state index in [1.54, 1.807) is 18.3 Å². The van der Waals surface area contributed by atoms with Crippen LogP contribution in [0.3, 0.4) is 0 Å². The van der Waals surface area contributed by atoms with Crippen LogP contribution in [0.25, 0.3) is 0 Å². The molecule has 0 fully saturated rings. The molecule has 0 bridgehead atoms. The number of amides is 1. The number of aryl methyl sites for hydroxylation is 1. The highest BCUT2D eigenvalue weighted by Gasteiger charge is 2.39. The predicted molar refractivity (Wildman–Crippen MR) is 113 cm³/mol. The van der Waals surface area contributed by atoms with Crippen molar-refractivity contribution >= 4 is 17.5 Å². The van der Waals surface area contributed by atoms with Gasteiger partial charge in [0.15, 0.2) is 5.78 Å². The number of hydrogen-bond donors (Lipinski definition) is 2. The number of ketones is 1. The van der Waals surface area contributed by atoms with E-state index in [9.17, 15) is 9.59 Å². The molecule has 1 amide bonds. The number of nitrogens with one attached hydrogen (secondary N) is 2. The van der Waals surface area contributed by atoms with E-state index in [4.69, 9.17) is 0 Å². The third-order valence-electron chi connectivity index (χ3n) is 5.59. The highest BCUT2D eigenvalue weighted by molar-refractivity contribution is 6.09. The Bertz CT molecular complexity index is 1020. The molecule has 1 aliphatic carbocycles. The van der Waals surface area contributed by atoms with Crippen molar-refractivity contribution in [3.05, 3.63) is 82.3 Å². The number of benzene rings is 1. The molecule has 0 unspecified atom stereocenters. The molecular weight excluding hydrogens is 362 g/mol. The SMILES string of the molecule is CC1=C(C(=O)Nc2ccccn2)[C@H](c2ccc(C)cc2)C2=C(C[C@H](C)CC2=O)N1. The summed E-state index contributed by atoms with van der Waals surface area (Å²) in [4.78, 5) is 30.5. The quantitative estimate of drug-likeness (QED) is 0.826. The summed E-state index contributed by atoms with van der Waals surface area (Å²) in [5.41, 5.74) is 5.12. The monoisotopic (exact) mass is 387 g/mol. The molecule has 0 spiro atoms. The second kappa shape index (κ2) is 7.66. The van der Waals surface area contributed by atoms with Crippen LogP contribution in [0.15, 0.2) is 71.2 Å². The highest BCUT2D eigenvalue weighted by Crippen LogP contribution is 2.43. The minimum Gasteiger partial charge on any atom is -0.362 e. The summed E-state index contributed by atoms with van der Waals surface area (Å²) < 4.78 is 0. The fraction of sp³-hybridized carbons (Fsp3) is 0.292. The summed E-state index contributed by atoms with van der Waals surface area (Å²) in [5, 5.41) is 6.25. The number of pyridine rings is 1. The molecule has 29 heavy (non-hydrogen) atoms. The van der Waals surface area contributed by atoms with Crippen LogP contribution in [-0.2, 0) is 9.59 Å². The van der Waals surface area contributed by atoms with Gasteiger partial charge in [0, 0.05) is 41.1 Å². The maximum absolute atomic E-state index is 13.3. The van der Waals surface area contributed by atoms with Gasteiger partial charge in [-0.25, -0.2) is 4.98 Å². The number of carbonyl (C=O) groups is 2. The number of Topliss-reactive ketones (excluding diaryl/α,β-unsaturated/α-hetero) is 1. The summed E-state index contributed by atoms with van der Waals surface area (Å²) >= 11 is 0. The van der Waals surface area contributed by atoms with E-state index in [-0.39, 0.29) is 17.6 Å². The van der Waals surface area contributed by atoms with Gasteiger partial charge >= 0.3 is 0 Å². The molecule has 0 radical (unpaired) electrons. The van der Waals surface area contributed by atoms with Crippen molar-refractivity contribution in [1.82, 2.24) is 10.3 Å². The Morgan fingerprint density at radius 2 is 1.86 bits per heavy atom. The van der Waals surface area contributed by atoms with Crippen molar-refractivity contribution in [1.29, 1.82) is 0 Å². The van der Waals surface area contributed by atoms with E-state index in [0.717, 1.165) is 34.5 Å². The normalized spacial score (nSPS) is 21.6. The van der Waals surface area contributed by atoms with Gasteiger partial charge in [0.2, 0.25) is 0 Å². The summed E-state index contributed by atoms with van der Waals surface area (Å²) in [5.74, 6) is 0.285. The zero-order chi connectivity index (χ0) is 20.5. The Balaban J connectivity index is 1.80. The molecule has 2 atom stereocenters. The predicted octanol–water partition coefficient (Wildman–Crippen LogP) is 4.24. The number of allylic oxidation sites excluding steroid dienone is 3. The molecule has 2 aliphatic rings. The molecule has 1 aliphatic heterocycles. The lowest BCUT2D eigenvalue weighted by Crippen LogP contribution is -2.37. The van der Waals surface area contributed by atoms with E-state index in [1.165, 1.54) is 0 Å². The number of carbonyl (C=O) groups excluding carboxylic acids is 2. The van der Waals surface area contributed by atoms with E-state index >= 15 is 0 Å². The van der Waals surface area contributed by atoms with Crippen LogP contribution in [0.2, 0.25) is 0 Å². The highest BCUT2D eigenvalue weighted by atomic mass is 16.2. The largest absolute Gasteiger partial charge is 0.362 e. The van der Waals surface area contributed by atoms with Crippen LogP contribution < -0.4 is 10.6 Å². The van der Waals surface area contributed by atoms with Gasteiger partial charge in [-0.05, 0) is 43.9 Å². The van der Waals surface area contributed by atoms with Crippen molar-refractivity contribution in [2.24, 2.45) is 5.92 Å². The fourth-order valence-electron chi connectivity index (χ4n) is 4.25. The Morgan fingerprint density at radius 1 is 1.10 bits per heavy atom. The zero-order valence-corrected chi connectivity index (χ0v) is 17.0. The summed E-state index contributed by atoms with van der Waals surface area (Å²) in [6.07, 6.45) is 2.97. The van der Waals surface area contributed by atoms with Gasteiger partial charge in [0.25, 0.3) is 5.91 Å². The minimum absolute atomic E-state index is 0.118. The Kier molecular flexibility index (Phi) is 5.05. The lowest BCUT2D eigenvalue weighted by atomic mass is 9.73.